The molecule has 1 fully saturated rings. The Morgan fingerprint density at radius 1 is 0.909 bits per heavy atom. The van der Waals surface area contributed by atoms with E-state index in [1.807, 2.05) is 18.2 Å². The Labute approximate surface area is 198 Å². The van der Waals surface area contributed by atoms with Crippen LogP contribution in [0.3, 0.4) is 0 Å². The van der Waals surface area contributed by atoms with E-state index in [9.17, 15) is 5.11 Å². The summed E-state index contributed by atoms with van der Waals surface area (Å²) in [6.45, 7) is 8.75. The van der Waals surface area contributed by atoms with Gasteiger partial charge in [-0.3, -0.25) is 4.90 Å². The number of aromatic nitrogens is 2. The van der Waals surface area contributed by atoms with Gasteiger partial charge in [-0.2, -0.15) is 0 Å². The molecule has 1 N–H and O–H groups in total. The molecular formula is C28H36N4O. The van der Waals surface area contributed by atoms with Crippen LogP contribution in [0.15, 0.2) is 60.7 Å². The lowest BCUT2D eigenvalue weighted by Crippen LogP contribution is -2.49. The molecule has 0 saturated carbocycles. The molecule has 1 unspecified atom stereocenters. The molecular weight excluding hydrogens is 408 g/mol. The molecule has 0 amide bonds. The maximum atomic E-state index is 10.3. The molecule has 1 atom stereocenters. The van der Waals surface area contributed by atoms with E-state index in [0.29, 0.717) is 0 Å². The van der Waals surface area contributed by atoms with Gasteiger partial charge in [-0.1, -0.05) is 80.4 Å². The SMILES string of the molecule is CCCCC(O)CN1CCN(c2nc(-c3ccccc3)nc(C)c2Cc2ccccc2)CC1. The van der Waals surface area contributed by atoms with E-state index in [2.05, 4.69) is 66.1 Å². The smallest absolute Gasteiger partial charge is 0.161 e. The summed E-state index contributed by atoms with van der Waals surface area (Å²) in [6, 6.07) is 20.8. The standard InChI is InChI=1S/C28H36N4O/c1-3-4-15-25(33)21-31-16-18-32(19-17-31)28-26(20-23-11-7-5-8-12-23)22(2)29-27(30-28)24-13-9-6-10-14-24/h5-14,25,33H,3-4,15-21H2,1-2H3. The number of hydrogen-bond acceptors (Lipinski definition) is 5. The van der Waals surface area contributed by atoms with Gasteiger partial charge in [0.2, 0.25) is 0 Å². The van der Waals surface area contributed by atoms with E-state index in [1.54, 1.807) is 0 Å². The van der Waals surface area contributed by atoms with Crippen molar-refractivity contribution in [2.45, 2.75) is 45.6 Å². The van der Waals surface area contributed by atoms with Gasteiger partial charge >= 0.3 is 0 Å². The highest BCUT2D eigenvalue weighted by molar-refractivity contribution is 5.61. The van der Waals surface area contributed by atoms with Crippen LogP contribution in [0.5, 0.6) is 0 Å². The number of hydrogen-bond donors (Lipinski definition) is 1. The number of aryl methyl sites for hydroxylation is 1. The van der Waals surface area contributed by atoms with Crippen molar-refractivity contribution >= 4 is 5.82 Å². The highest BCUT2D eigenvalue weighted by Crippen LogP contribution is 2.28. The number of benzene rings is 2. The summed E-state index contributed by atoms with van der Waals surface area (Å²) >= 11 is 0. The lowest BCUT2D eigenvalue weighted by Gasteiger charge is -2.37. The van der Waals surface area contributed by atoms with E-state index >= 15 is 0 Å². The van der Waals surface area contributed by atoms with Crippen LogP contribution < -0.4 is 4.90 Å². The Morgan fingerprint density at radius 3 is 2.24 bits per heavy atom. The summed E-state index contributed by atoms with van der Waals surface area (Å²) < 4.78 is 0. The second kappa shape index (κ2) is 11.4. The summed E-state index contributed by atoms with van der Waals surface area (Å²) in [7, 11) is 0. The predicted octanol–water partition coefficient (Wildman–Crippen LogP) is 4.72. The fourth-order valence-electron chi connectivity index (χ4n) is 4.54. The minimum absolute atomic E-state index is 0.226. The number of rotatable bonds is 9. The van der Waals surface area contributed by atoms with E-state index in [0.717, 1.165) is 81.3 Å². The van der Waals surface area contributed by atoms with Crippen LogP contribution in [-0.2, 0) is 6.42 Å². The normalized spacial score (nSPS) is 15.5. The first-order chi connectivity index (χ1) is 16.1. The van der Waals surface area contributed by atoms with Gasteiger partial charge in [0, 0.05) is 56.0 Å². The molecule has 1 aliphatic rings. The number of nitrogens with zero attached hydrogens (tertiary/aromatic N) is 4. The molecule has 0 aliphatic carbocycles. The molecule has 1 saturated heterocycles. The first-order valence-corrected chi connectivity index (χ1v) is 12.3. The summed E-state index contributed by atoms with van der Waals surface area (Å²) in [5, 5.41) is 10.3. The first kappa shape index (κ1) is 23.4. The van der Waals surface area contributed by atoms with Crippen molar-refractivity contribution in [3.05, 3.63) is 77.5 Å². The molecule has 0 radical (unpaired) electrons. The summed E-state index contributed by atoms with van der Waals surface area (Å²) in [6.07, 6.45) is 3.71. The monoisotopic (exact) mass is 444 g/mol. The Morgan fingerprint density at radius 2 is 1.58 bits per heavy atom. The van der Waals surface area contributed by atoms with Gasteiger partial charge in [-0.05, 0) is 18.9 Å². The van der Waals surface area contributed by atoms with Crippen LogP contribution in [0.2, 0.25) is 0 Å². The molecule has 2 aromatic carbocycles. The van der Waals surface area contributed by atoms with Crippen molar-refractivity contribution in [2.75, 3.05) is 37.6 Å². The Bertz CT molecular complexity index is 1000. The molecule has 1 aliphatic heterocycles. The molecule has 3 aromatic rings. The van der Waals surface area contributed by atoms with Gasteiger partial charge in [0.15, 0.2) is 5.82 Å². The fourth-order valence-corrected chi connectivity index (χ4v) is 4.54. The van der Waals surface area contributed by atoms with Crippen LogP contribution in [0.1, 0.15) is 43.0 Å². The van der Waals surface area contributed by atoms with Gasteiger partial charge in [-0.25, -0.2) is 9.97 Å². The van der Waals surface area contributed by atoms with Crippen LogP contribution in [-0.4, -0.2) is 58.8 Å². The third-order valence-electron chi connectivity index (χ3n) is 6.48. The average molecular weight is 445 g/mol. The van der Waals surface area contributed by atoms with E-state index in [-0.39, 0.29) is 6.10 Å². The largest absolute Gasteiger partial charge is 0.392 e. The predicted molar refractivity (Wildman–Crippen MR) is 136 cm³/mol. The van der Waals surface area contributed by atoms with Crippen LogP contribution >= 0.6 is 0 Å². The number of β-amino-alcohol motifs (C(OH)–C–C–N with tert-alkyl or cyclic N) is 1. The van der Waals surface area contributed by atoms with E-state index in [1.165, 1.54) is 11.1 Å². The molecule has 5 heteroatoms. The van der Waals surface area contributed by atoms with E-state index in [4.69, 9.17) is 9.97 Å². The topological polar surface area (TPSA) is 52.5 Å². The quantitative estimate of drug-likeness (QED) is 0.518. The molecule has 33 heavy (non-hydrogen) atoms. The molecule has 2 heterocycles. The zero-order valence-electron chi connectivity index (χ0n) is 20.0. The zero-order chi connectivity index (χ0) is 23.0. The summed E-state index contributed by atoms with van der Waals surface area (Å²) in [5.74, 6) is 1.84. The van der Waals surface area contributed by atoms with Gasteiger partial charge in [0.05, 0.1) is 6.10 Å². The molecule has 0 spiro atoms. The number of aliphatic hydroxyl groups is 1. The van der Waals surface area contributed by atoms with Gasteiger partial charge in [-0.15, -0.1) is 0 Å². The average Bonchev–Trinajstić information content (AvgIpc) is 2.85. The minimum Gasteiger partial charge on any atom is -0.392 e. The highest BCUT2D eigenvalue weighted by Gasteiger charge is 2.24. The molecule has 174 valence electrons. The number of aliphatic hydroxyl groups excluding tert-OH is 1. The van der Waals surface area contributed by atoms with Crippen molar-refractivity contribution in [3.8, 4) is 11.4 Å². The van der Waals surface area contributed by atoms with Crippen LogP contribution in [0, 0.1) is 6.92 Å². The molecule has 0 bridgehead atoms. The first-order valence-electron chi connectivity index (χ1n) is 12.3. The van der Waals surface area contributed by atoms with Crippen LogP contribution in [0.25, 0.3) is 11.4 Å². The third kappa shape index (κ3) is 6.18. The highest BCUT2D eigenvalue weighted by atomic mass is 16.3. The molecule has 5 nitrogen and oxygen atoms in total. The van der Waals surface area contributed by atoms with Gasteiger partial charge in [0.1, 0.15) is 5.82 Å². The maximum absolute atomic E-state index is 10.3. The Hall–Kier alpha value is -2.76. The summed E-state index contributed by atoms with van der Waals surface area (Å²) in [5.41, 5.74) is 4.57. The number of anilines is 1. The Balaban J connectivity index is 1.57. The number of piperazine rings is 1. The van der Waals surface area contributed by atoms with Crippen molar-refractivity contribution in [1.82, 2.24) is 14.9 Å². The second-order valence-electron chi connectivity index (χ2n) is 9.05. The van der Waals surface area contributed by atoms with Crippen molar-refractivity contribution < 1.29 is 5.11 Å². The van der Waals surface area contributed by atoms with Crippen molar-refractivity contribution in [2.24, 2.45) is 0 Å². The van der Waals surface area contributed by atoms with Gasteiger partial charge in [0.25, 0.3) is 0 Å². The lowest BCUT2D eigenvalue weighted by atomic mass is 10.0. The van der Waals surface area contributed by atoms with Crippen molar-refractivity contribution in [1.29, 1.82) is 0 Å². The maximum Gasteiger partial charge on any atom is 0.161 e. The molecule has 1 aromatic heterocycles. The minimum atomic E-state index is -0.226. The molecule has 4 rings (SSSR count). The fraction of sp³-hybridized carbons (Fsp3) is 0.429. The lowest BCUT2D eigenvalue weighted by molar-refractivity contribution is 0.100. The van der Waals surface area contributed by atoms with E-state index < -0.39 is 0 Å². The van der Waals surface area contributed by atoms with Crippen molar-refractivity contribution in [3.63, 3.8) is 0 Å². The number of unbranched alkanes of at least 4 members (excludes halogenated alkanes) is 1. The second-order valence-corrected chi connectivity index (χ2v) is 9.05. The van der Waals surface area contributed by atoms with Crippen LogP contribution in [0.4, 0.5) is 5.82 Å². The zero-order valence-corrected chi connectivity index (χ0v) is 20.0. The third-order valence-corrected chi connectivity index (χ3v) is 6.48. The summed E-state index contributed by atoms with van der Waals surface area (Å²) in [4.78, 5) is 14.8. The Kier molecular flexibility index (Phi) is 8.08. The van der Waals surface area contributed by atoms with Gasteiger partial charge < -0.3 is 10.0 Å².